The summed E-state index contributed by atoms with van der Waals surface area (Å²) in [5, 5.41) is 0.617. The number of carbonyl (C=O) groups is 2. The molecule has 2 amide bonds. The molecule has 0 aromatic heterocycles. The summed E-state index contributed by atoms with van der Waals surface area (Å²) in [5.74, 6) is 0.809. The van der Waals surface area contributed by atoms with Gasteiger partial charge in [-0.2, -0.15) is 0 Å². The van der Waals surface area contributed by atoms with Crippen molar-refractivity contribution >= 4 is 23.6 Å². The number of rotatable bonds is 5. The predicted octanol–water partition coefficient (Wildman–Crippen LogP) is 3.04. The summed E-state index contributed by atoms with van der Waals surface area (Å²) in [6.45, 7) is 8.00. The van der Waals surface area contributed by atoms with Crippen LogP contribution in [0.5, 0.6) is 5.75 Å². The predicted molar refractivity (Wildman–Crippen MR) is 95.9 cm³/mol. The number of piperazine rings is 1. The van der Waals surface area contributed by atoms with E-state index in [2.05, 4.69) is 0 Å². The van der Waals surface area contributed by atoms with Crippen LogP contribution in [0.2, 0.25) is 5.02 Å². The quantitative estimate of drug-likeness (QED) is 0.801. The smallest absolute Gasteiger partial charge is 0.409 e. The lowest BCUT2D eigenvalue weighted by Crippen LogP contribution is -2.53. The van der Waals surface area contributed by atoms with E-state index in [1.165, 1.54) is 0 Å². The molecule has 0 saturated carbocycles. The van der Waals surface area contributed by atoms with Crippen molar-refractivity contribution < 1.29 is 19.1 Å². The van der Waals surface area contributed by atoms with Gasteiger partial charge in [0.05, 0.1) is 6.61 Å². The second-order valence-corrected chi connectivity index (χ2v) is 6.93. The minimum Gasteiger partial charge on any atom is -0.481 e. The minimum atomic E-state index is -0.597. The van der Waals surface area contributed by atoms with Gasteiger partial charge in [-0.25, -0.2) is 4.79 Å². The first kappa shape index (κ1) is 19.4. The Morgan fingerprint density at radius 1 is 1.04 bits per heavy atom. The Morgan fingerprint density at radius 2 is 1.60 bits per heavy atom. The van der Waals surface area contributed by atoms with Gasteiger partial charge in [-0.3, -0.25) is 4.79 Å². The average molecular weight is 369 g/mol. The molecule has 1 aromatic rings. The van der Waals surface area contributed by atoms with Crippen LogP contribution in [0.25, 0.3) is 0 Å². The Morgan fingerprint density at radius 3 is 2.16 bits per heavy atom. The van der Waals surface area contributed by atoms with Crippen LogP contribution in [0.15, 0.2) is 24.3 Å². The number of halogens is 1. The van der Waals surface area contributed by atoms with Crippen molar-refractivity contribution in [1.29, 1.82) is 0 Å². The Hall–Kier alpha value is -1.95. The highest BCUT2D eigenvalue weighted by atomic mass is 35.5. The van der Waals surface area contributed by atoms with Gasteiger partial charge in [0.15, 0.2) is 6.10 Å². The van der Waals surface area contributed by atoms with Gasteiger partial charge in [0.25, 0.3) is 5.91 Å². The van der Waals surface area contributed by atoms with Crippen molar-refractivity contribution in [1.82, 2.24) is 9.80 Å². The Balaban J connectivity index is 1.80. The van der Waals surface area contributed by atoms with E-state index in [0.29, 0.717) is 49.5 Å². The van der Waals surface area contributed by atoms with Crippen molar-refractivity contribution in [3.05, 3.63) is 29.3 Å². The monoisotopic (exact) mass is 368 g/mol. The average Bonchev–Trinajstić information content (AvgIpc) is 2.61. The Labute approximate surface area is 153 Å². The molecule has 1 aliphatic rings. The number of benzene rings is 1. The highest BCUT2D eigenvalue weighted by molar-refractivity contribution is 6.30. The third-order valence-electron chi connectivity index (χ3n) is 3.86. The van der Waals surface area contributed by atoms with Crippen LogP contribution in [0, 0.1) is 5.92 Å². The summed E-state index contributed by atoms with van der Waals surface area (Å²) >= 11 is 5.84. The molecule has 7 heteroatoms. The van der Waals surface area contributed by atoms with Crippen LogP contribution in [-0.4, -0.2) is 60.7 Å². The van der Waals surface area contributed by atoms with Crippen molar-refractivity contribution in [3.63, 3.8) is 0 Å². The van der Waals surface area contributed by atoms with Gasteiger partial charge in [-0.15, -0.1) is 0 Å². The fraction of sp³-hybridized carbons (Fsp3) is 0.556. The zero-order valence-corrected chi connectivity index (χ0v) is 15.7. The van der Waals surface area contributed by atoms with Gasteiger partial charge in [0, 0.05) is 31.2 Å². The molecule has 2 rings (SSSR count). The van der Waals surface area contributed by atoms with E-state index in [1.54, 1.807) is 41.0 Å². The highest BCUT2D eigenvalue weighted by Crippen LogP contribution is 2.17. The summed E-state index contributed by atoms with van der Waals surface area (Å²) in [6.07, 6.45) is -0.910. The molecule has 1 fully saturated rings. The largest absolute Gasteiger partial charge is 0.481 e. The fourth-order valence-corrected chi connectivity index (χ4v) is 2.59. The molecular weight excluding hydrogens is 344 g/mol. The second kappa shape index (κ2) is 8.94. The normalized spacial score (nSPS) is 15.9. The zero-order valence-electron chi connectivity index (χ0n) is 14.9. The van der Waals surface area contributed by atoms with Crippen molar-refractivity contribution in [2.75, 3.05) is 32.8 Å². The summed E-state index contributed by atoms with van der Waals surface area (Å²) in [5.41, 5.74) is 0. The third-order valence-corrected chi connectivity index (χ3v) is 4.12. The van der Waals surface area contributed by atoms with Crippen LogP contribution >= 0.6 is 11.6 Å². The molecule has 1 atom stereocenters. The van der Waals surface area contributed by atoms with E-state index in [4.69, 9.17) is 21.1 Å². The number of nitrogens with zero attached hydrogens (tertiary/aromatic N) is 2. The van der Waals surface area contributed by atoms with Gasteiger partial charge in [0.1, 0.15) is 5.75 Å². The van der Waals surface area contributed by atoms with Gasteiger partial charge in [-0.1, -0.05) is 25.4 Å². The number of ether oxygens (including phenoxy) is 2. The van der Waals surface area contributed by atoms with Crippen molar-refractivity contribution in [2.45, 2.75) is 26.9 Å². The van der Waals surface area contributed by atoms with Crippen LogP contribution in [0.1, 0.15) is 20.8 Å². The van der Waals surface area contributed by atoms with E-state index < -0.39 is 6.10 Å². The molecule has 0 aliphatic carbocycles. The highest BCUT2D eigenvalue weighted by Gasteiger charge is 2.28. The first-order valence-corrected chi connectivity index (χ1v) is 8.87. The molecule has 25 heavy (non-hydrogen) atoms. The molecular formula is C18H25ClN2O4. The van der Waals surface area contributed by atoms with E-state index >= 15 is 0 Å². The van der Waals surface area contributed by atoms with Gasteiger partial charge in [0.2, 0.25) is 0 Å². The lowest BCUT2D eigenvalue weighted by Gasteiger charge is -2.35. The number of amides is 2. The van der Waals surface area contributed by atoms with E-state index in [9.17, 15) is 9.59 Å². The maximum absolute atomic E-state index is 12.5. The Kier molecular flexibility index (Phi) is 6.93. The number of carbonyl (C=O) groups excluding carboxylic acids is 2. The molecule has 1 heterocycles. The molecule has 0 N–H and O–H groups in total. The Bertz CT molecular complexity index is 583. The van der Waals surface area contributed by atoms with Gasteiger partial charge in [-0.05, 0) is 37.1 Å². The molecule has 1 saturated heterocycles. The fourth-order valence-electron chi connectivity index (χ4n) is 2.46. The first-order valence-electron chi connectivity index (χ1n) is 8.49. The van der Waals surface area contributed by atoms with Crippen molar-refractivity contribution in [3.8, 4) is 5.75 Å². The third kappa shape index (κ3) is 5.81. The van der Waals surface area contributed by atoms with E-state index in [0.717, 1.165) is 0 Å². The second-order valence-electron chi connectivity index (χ2n) is 6.50. The molecule has 0 radical (unpaired) electrons. The van der Waals surface area contributed by atoms with Crippen LogP contribution in [0.3, 0.4) is 0 Å². The van der Waals surface area contributed by atoms with Crippen LogP contribution < -0.4 is 4.74 Å². The van der Waals surface area contributed by atoms with Crippen molar-refractivity contribution in [2.24, 2.45) is 5.92 Å². The summed E-state index contributed by atoms with van der Waals surface area (Å²) in [6, 6.07) is 6.90. The topological polar surface area (TPSA) is 59.1 Å². The van der Waals surface area contributed by atoms with Crippen LogP contribution in [0.4, 0.5) is 4.79 Å². The van der Waals surface area contributed by atoms with E-state index in [-0.39, 0.29) is 12.0 Å². The minimum absolute atomic E-state index is 0.0925. The standard InChI is InChI=1S/C18H25ClN2O4/c1-13(2)12-24-18(23)21-10-8-20(9-11-21)17(22)14(3)25-16-6-4-15(19)5-7-16/h4-7,13-14H,8-12H2,1-3H3. The summed E-state index contributed by atoms with van der Waals surface area (Å²) < 4.78 is 10.9. The lowest BCUT2D eigenvalue weighted by atomic mass is 10.2. The number of hydrogen-bond donors (Lipinski definition) is 0. The molecule has 1 aromatic carbocycles. The molecule has 6 nitrogen and oxygen atoms in total. The SMILES string of the molecule is CC(C)COC(=O)N1CCN(C(=O)C(C)Oc2ccc(Cl)cc2)CC1. The maximum atomic E-state index is 12.5. The van der Waals surface area contributed by atoms with Gasteiger partial charge < -0.3 is 19.3 Å². The molecule has 0 bridgehead atoms. The number of hydrogen-bond acceptors (Lipinski definition) is 4. The van der Waals surface area contributed by atoms with Crippen LogP contribution in [-0.2, 0) is 9.53 Å². The molecule has 138 valence electrons. The lowest BCUT2D eigenvalue weighted by molar-refractivity contribution is -0.139. The van der Waals surface area contributed by atoms with Gasteiger partial charge >= 0.3 is 6.09 Å². The molecule has 1 unspecified atom stereocenters. The van der Waals surface area contributed by atoms with E-state index in [1.807, 2.05) is 13.8 Å². The maximum Gasteiger partial charge on any atom is 0.409 e. The first-order chi connectivity index (χ1) is 11.9. The molecule has 1 aliphatic heterocycles. The summed E-state index contributed by atoms with van der Waals surface area (Å²) in [7, 11) is 0. The summed E-state index contributed by atoms with van der Waals surface area (Å²) in [4.78, 5) is 27.8. The zero-order chi connectivity index (χ0) is 18.4. The molecule has 0 spiro atoms.